The Hall–Kier alpha value is -2.09. The van der Waals surface area contributed by atoms with E-state index in [9.17, 15) is 9.59 Å². The molecular weight excluding hydrogens is 420 g/mol. The first-order valence-corrected chi connectivity index (χ1v) is 12.0. The first-order valence-electron chi connectivity index (χ1n) is 11.1. The van der Waals surface area contributed by atoms with E-state index in [0.29, 0.717) is 13.0 Å². The van der Waals surface area contributed by atoms with Crippen LogP contribution in [0.2, 0.25) is 0 Å². The fourth-order valence-electron chi connectivity index (χ4n) is 3.15. The highest BCUT2D eigenvalue weighted by Gasteiger charge is 2.27. The van der Waals surface area contributed by atoms with Gasteiger partial charge in [0.15, 0.2) is 0 Å². The van der Waals surface area contributed by atoms with Crippen LogP contribution in [0, 0.1) is 12.3 Å². The molecule has 3 rings (SSSR count). The second kappa shape index (κ2) is 14.9. The topological polar surface area (TPSA) is 97.3 Å². The number of rotatable bonds is 5. The molecule has 180 valence electrons. The van der Waals surface area contributed by atoms with E-state index in [1.54, 1.807) is 11.3 Å². The molecule has 1 aliphatic heterocycles. The van der Waals surface area contributed by atoms with Crippen molar-refractivity contribution in [3.05, 3.63) is 41.0 Å². The van der Waals surface area contributed by atoms with Gasteiger partial charge in [0.1, 0.15) is 6.29 Å². The second-order valence-corrected chi connectivity index (χ2v) is 9.61. The van der Waals surface area contributed by atoms with Gasteiger partial charge in [-0.3, -0.25) is 9.69 Å². The standard InChI is InChI=1S/C17H21N3OS.C6H12O.C2H6.H3N/c1-12-16(22-11-19-12)14-7-5-13(6-8-14)10-18-17(21)15-4-3-9-20(15)2;1-6(2,3)4-5-7;1-2;/h5-8,11,15H,3-4,9-10H2,1-2H3,(H,18,21);5H,4H2,1-3H3;1-2H3;1H3. The van der Waals surface area contributed by atoms with E-state index in [2.05, 4.69) is 39.5 Å². The lowest BCUT2D eigenvalue weighted by molar-refractivity contribution is -0.125. The van der Waals surface area contributed by atoms with Crippen molar-refractivity contribution in [3.8, 4) is 10.4 Å². The van der Waals surface area contributed by atoms with Gasteiger partial charge in [0.05, 0.1) is 22.1 Å². The third-order valence-corrected chi connectivity index (χ3v) is 5.92. The zero-order valence-corrected chi connectivity index (χ0v) is 21.7. The summed E-state index contributed by atoms with van der Waals surface area (Å²) in [6.45, 7) is 13.8. The van der Waals surface area contributed by atoms with Gasteiger partial charge >= 0.3 is 0 Å². The monoisotopic (exact) mass is 462 g/mol. The summed E-state index contributed by atoms with van der Waals surface area (Å²) in [6.07, 6.45) is 3.69. The molecule has 0 spiro atoms. The molecule has 32 heavy (non-hydrogen) atoms. The molecule has 1 amide bonds. The van der Waals surface area contributed by atoms with E-state index in [4.69, 9.17) is 0 Å². The number of benzene rings is 1. The summed E-state index contributed by atoms with van der Waals surface area (Å²) >= 11 is 1.66. The van der Waals surface area contributed by atoms with E-state index in [0.717, 1.165) is 36.9 Å². The molecule has 1 atom stereocenters. The number of nitrogens with one attached hydrogen (secondary N) is 1. The van der Waals surface area contributed by atoms with E-state index in [-0.39, 0.29) is 23.5 Å². The third-order valence-electron chi connectivity index (χ3n) is 4.95. The Morgan fingerprint density at radius 3 is 2.28 bits per heavy atom. The quantitative estimate of drug-likeness (QED) is 0.561. The molecule has 4 N–H and O–H groups in total. The molecule has 7 heteroatoms. The predicted octanol–water partition coefficient (Wildman–Crippen LogP) is 5.64. The molecule has 0 bridgehead atoms. The number of hydrogen-bond donors (Lipinski definition) is 2. The second-order valence-electron chi connectivity index (χ2n) is 8.75. The van der Waals surface area contributed by atoms with E-state index < -0.39 is 0 Å². The molecule has 0 aliphatic carbocycles. The number of aromatic nitrogens is 1. The zero-order chi connectivity index (χ0) is 23.4. The Kier molecular flexibility index (Phi) is 13.9. The van der Waals surface area contributed by atoms with Gasteiger partial charge in [-0.05, 0) is 49.9 Å². The number of thiazole rings is 1. The van der Waals surface area contributed by atoms with Gasteiger partial charge in [-0.2, -0.15) is 0 Å². The normalized spacial score (nSPS) is 15.4. The molecule has 0 radical (unpaired) electrons. The number of carbonyl (C=O) groups is 2. The zero-order valence-electron chi connectivity index (χ0n) is 20.9. The Morgan fingerprint density at radius 2 is 1.88 bits per heavy atom. The Morgan fingerprint density at radius 1 is 1.25 bits per heavy atom. The van der Waals surface area contributed by atoms with Crippen molar-refractivity contribution < 1.29 is 9.59 Å². The third kappa shape index (κ3) is 10.0. The molecule has 1 aromatic heterocycles. The Labute approximate surface area is 198 Å². The van der Waals surface area contributed by atoms with Crippen LogP contribution in [0.25, 0.3) is 10.4 Å². The summed E-state index contributed by atoms with van der Waals surface area (Å²) < 4.78 is 0. The molecule has 1 aliphatic rings. The summed E-state index contributed by atoms with van der Waals surface area (Å²) in [4.78, 5) is 29.6. The summed E-state index contributed by atoms with van der Waals surface area (Å²) in [5.41, 5.74) is 5.43. The Bertz CT molecular complexity index is 797. The van der Waals surface area contributed by atoms with Crippen LogP contribution in [-0.2, 0) is 16.1 Å². The van der Waals surface area contributed by atoms with Crippen molar-refractivity contribution in [2.75, 3.05) is 13.6 Å². The predicted molar refractivity (Wildman–Crippen MR) is 136 cm³/mol. The minimum absolute atomic E-state index is 0. The van der Waals surface area contributed by atoms with Crippen LogP contribution >= 0.6 is 11.3 Å². The maximum atomic E-state index is 12.2. The summed E-state index contributed by atoms with van der Waals surface area (Å²) in [6, 6.07) is 8.40. The molecular formula is C25H42N4O2S. The number of hydrogen-bond acceptors (Lipinski definition) is 6. The summed E-state index contributed by atoms with van der Waals surface area (Å²) in [5, 5.41) is 3.05. The van der Waals surface area contributed by atoms with Crippen LogP contribution in [-0.4, -0.2) is 41.7 Å². The number of likely N-dealkylation sites (tertiary alicyclic amines) is 1. The summed E-state index contributed by atoms with van der Waals surface area (Å²) in [5.74, 6) is 0.141. The number of nitrogens with zero attached hydrogens (tertiary/aromatic N) is 2. The van der Waals surface area contributed by atoms with Crippen molar-refractivity contribution in [1.82, 2.24) is 21.4 Å². The van der Waals surface area contributed by atoms with Crippen LogP contribution in [0.1, 0.15) is 65.1 Å². The molecule has 1 aromatic carbocycles. The average molecular weight is 463 g/mol. The Balaban J connectivity index is 0.000000829. The number of likely N-dealkylation sites (N-methyl/N-ethyl adjacent to an activating group) is 1. The highest BCUT2D eigenvalue weighted by Crippen LogP contribution is 2.27. The lowest BCUT2D eigenvalue weighted by Gasteiger charge is -2.18. The molecule has 2 aromatic rings. The fraction of sp³-hybridized carbons (Fsp3) is 0.560. The minimum atomic E-state index is 0. The van der Waals surface area contributed by atoms with Crippen molar-refractivity contribution in [2.45, 2.75) is 73.4 Å². The van der Waals surface area contributed by atoms with Gasteiger partial charge in [0.2, 0.25) is 5.91 Å². The molecule has 1 unspecified atom stereocenters. The number of amides is 1. The van der Waals surface area contributed by atoms with Gasteiger partial charge < -0.3 is 16.3 Å². The van der Waals surface area contributed by atoms with Crippen molar-refractivity contribution >= 4 is 23.5 Å². The van der Waals surface area contributed by atoms with Gasteiger partial charge in [-0.1, -0.05) is 58.9 Å². The van der Waals surface area contributed by atoms with Crippen LogP contribution in [0.15, 0.2) is 29.8 Å². The SMILES string of the molecule is CC.CC(C)(C)CC=O.Cc1ncsc1-c1ccc(CNC(=O)C2CCCN2C)cc1.N. The lowest BCUT2D eigenvalue weighted by Crippen LogP contribution is -2.41. The van der Waals surface area contributed by atoms with Crippen LogP contribution < -0.4 is 11.5 Å². The van der Waals surface area contributed by atoms with Crippen molar-refractivity contribution in [1.29, 1.82) is 0 Å². The van der Waals surface area contributed by atoms with Crippen LogP contribution in [0.5, 0.6) is 0 Å². The van der Waals surface area contributed by atoms with Gasteiger partial charge in [-0.15, -0.1) is 11.3 Å². The lowest BCUT2D eigenvalue weighted by atomic mass is 9.93. The number of aryl methyl sites for hydroxylation is 1. The van der Waals surface area contributed by atoms with Crippen molar-refractivity contribution in [2.24, 2.45) is 5.41 Å². The van der Waals surface area contributed by atoms with Crippen LogP contribution in [0.3, 0.4) is 0 Å². The van der Waals surface area contributed by atoms with E-state index in [1.165, 1.54) is 10.4 Å². The van der Waals surface area contributed by atoms with Gasteiger partial charge in [0, 0.05) is 13.0 Å². The largest absolute Gasteiger partial charge is 0.351 e. The fourth-order valence-corrected chi connectivity index (χ4v) is 3.96. The van der Waals surface area contributed by atoms with E-state index >= 15 is 0 Å². The molecule has 2 heterocycles. The maximum absolute atomic E-state index is 12.2. The number of aldehydes is 1. The van der Waals surface area contributed by atoms with Gasteiger partial charge in [-0.25, -0.2) is 4.98 Å². The molecule has 0 saturated carbocycles. The molecule has 6 nitrogen and oxygen atoms in total. The summed E-state index contributed by atoms with van der Waals surface area (Å²) in [7, 11) is 2.02. The average Bonchev–Trinajstić information content (AvgIpc) is 3.36. The first kappa shape index (κ1) is 29.9. The highest BCUT2D eigenvalue weighted by molar-refractivity contribution is 7.13. The first-order chi connectivity index (χ1) is 14.7. The number of carbonyl (C=O) groups excluding carboxylic acids is 2. The van der Waals surface area contributed by atoms with Gasteiger partial charge in [0.25, 0.3) is 0 Å². The minimum Gasteiger partial charge on any atom is -0.351 e. The van der Waals surface area contributed by atoms with E-state index in [1.807, 2.05) is 54.1 Å². The maximum Gasteiger partial charge on any atom is 0.237 e. The molecule has 1 fully saturated rings. The highest BCUT2D eigenvalue weighted by atomic mass is 32.1. The van der Waals surface area contributed by atoms with Crippen molar-refractivity contribution in [3.63, 3.8) is 0 Å². The smallest absolute Gasteiger partial charge is 0.237 e. The van der Waals surface area contributed by atoms with Crippen LogP contribution in [0.4, 0.5) is 0 Å². The molecule has 1 saturated heterocycles.